The van der Waals surface area contributed by atoms with Crippen LogP contribution in [0.5, 0.6) is 0 Å². The second-order valence-corrected chi connectivity index (χ2v) is 3.70. The number of hydrogen-bond donors (Lipinski definition) is 0. The predicted octanol–water partition coefficient (Wildman–Crippen LogP) is 1.46. The number of hydrogen-bond acceptors (Lipinski definition) is 3. The van der Waals surface area contributed by atoms with E-state index in [0.29, 0.717) is 17.8 Å². The van der Waals surface area contributed by atoms with Crippen LogP contribution in [0.4, 0.5) is 0 Å². The monoisotopic (exact) mass is 218 g/mol. The zero-order valence-electron chi connectivity index (χ0n) is 9.65. The molecule has 2 rings (SSSR count). The number of aryl methyl sites for hydroxylation is 2. The fraction of sp³-hybridized carbons (Fsp3) is 0.333. The lowest BCUT2D eigenvalue weighted by atomic mass is 10.2. The molecule has 0 saturated carbocycles. The van der Waals surface area contributed by atoms with Gasteiger partial charge in [-0.25, -0.2) is 4.98 Å². The number of nitrogens with zero attached hydrogens (tertiary/aromatic N) is 2. The molecule has 16 heavy (non-hydrogen) atoms. The van der Waals surface area contributed by atoms with Crippen LogP contribution in [0.1, 0.15) is 18.3 Å². The first-order chi connectivity index (χ1) is 7.63. The van der Waals surface area contributed by atoms with E-state index in [1.807, 2.05) is 26.0 Å². The van der Waals surface area contributed by atoms with Gasteiger partial charge in [0, 0.05) is 0 Å². The second kappa shape index (κ2) is 3.96. The van der Waals surface area contributed by atoms with E-state index in [0.717, 1.165) is 11.1 Å². The molecule has 0 aliphatic rings. The minimum absolute atomic E-state index is 0.149. The summed E-state index contributed by atoms with van der Waals surface area (Å²) in [6.45, 7) is 6.02. The molecule has 0 unspecified atom stereocenters. The van der Waals surface area contributed by atoms with Crippen molar-refractivity contribution in [3.63, 3.8) is 0 Å². The SMILES string of the molecule is CCOn1c(C)nc2cc(C)ccc2c1=O. The summed E-state index contributed by atoms with van der Waals surface area (Å²) >= 11 is 0. The number of benzene rings is 1. The van der Waals surface area contributed by atoms with Gasteiger partial charge < -0.3 is 4.84 Å². The third-order valence-electron chi connectivity index (χ3n) is 2.40. The van der Waals surface area contributed by atoms with Crippen molar-refractivity contribution in [3.05, 3.63) is 39.9 Å². The molecule has 0 atom stereocenters. The van der Waals surface area contributed by atoms with Gasteiger partial charge in [0.15, 0.2) is 0 Å². The Balaban J connectivity index is 2.78. The van der Waals surface area contributed by atoms with E-state index in [9.17, 15) is 4.79 Å². The van der Waals surface area contributed by atoms with Crippen LogP contribution in [0.3, 0.4) is 0 Å². The van der Waals surface area contributed by atoms with E-state index >= 15 is 0 Å². The van der Waals surface area contributed by atoms with Crippen molar-refractivity contribution in [3.8, 4) is 0 Å². The first-order valence-electron chi connectivity index (χ1n) is 5.26. The molecule has 1 aromatic carbocycles. The molecule has 0 amide bonds. The van der Waals surface area contributed by atoms with Gasteiger partial charge in [0.25, 0.3) is 5.56 Å². The predicted molar refractivity (Wildman–Crippen MR) is 62.6 cm³/mol. The number of rotatable bonds is 2. The van der Waals surface area contributed by atoms with Gasteiger partial charge in [-0.15, -0.1) is 4.73 Å². The summed E-state index contributed by atoms with van der Waals surface area (Å²) in [6, 6.07) is 5.59. The summed E-state index contributed by atoms with van der Waals surface area (Å²) in [5.74, 6) is 0.574. The van der Waals surface area contributed by atoms with Gasteiger partial charge in [-0.3, -0.25) is 4.79 Å². The highest BCUT2D eigenvalue weighted by Gasteiger charge is 2.08. The molecule has 1 heterocycles. The Labute approximate surface area is 93.5 Å². The maximum absolute atomic E-state index is 12.0. The van der Waals surface area contributed by atoms with Crippen LogP contribution in [0.25, 0.3) is 10.9 Å². The summed E-state index contributed by atoms with van der Waals surface area (Å²) in [5.41, 5.74) is 1.66. The van der Waals surface area contributed by atoms with Crippen LogP contribution >= 0.6 is 0 Å². The van der Waals surface area contributed by atoms with Crippen molar-refractivity contribution < 1.29 is 4.84 Å². The highest BCUT2D eigenvalue weighted by atomic mass is 16.7. The molecule has 84 valence electrons. The van der Waals surface area contributed by atoms with E-state index in [2.05, 4.69) is 4.98 Å². The summed E-state index contributed by atoms with van der Waals surface area (Å²) < 4.78 is 1.25. The highest BCUT2D eigenvalue weighted by Crippen LogP contribution is 2.10. The molecular weight excluding hydrogens is 204 g/mol. The number of aromatic nitrogens is 2. The lowest BCUT2D eigenvalue weighted by Crippen LogP contribution is -2.30. The zero-order chi connectivity index (χ0) is 11.7. The van der Waals surface area contributed by atoms with Gasteiger partial charge in [-0.1, -0.05) is 6.07 Å². The average Bonchev–Trinajstić information content (AvgIpc) is 2.23. The number of fused-ring (bicyclic) bond motifs is 1. The summed E-state index contributed by atoms with van der Waals surface area (Å²) in [6.07, 6.45) is 0. The van der Waals surface area contributed by atoms with Crippen LogP contribution < -0.4 is 10.4 Å². The quantitative estimate of drug-likeness (QED) is 0.766. The molecule has 0 fully saturated rings. The minimum Gasteiger partial charge on any atom is -0.409 e. The Morgan fingerprint density at radius 3 is 2.81 bits per heavy atom. The fourth-order valence-corrected chi connectivity index (χ4v) is 1.67. The maximum atomic E-state index is 12.0. The molecule has 0 bridgehead atoms. The van der Waals surface area contributed by atoms with E-state index in [4.69, 9.17) is 4.84 Å². The molecule has 0 aliphatic carbocycles. The second-order valence-electron chi connectivity index (χ2n) is 3.70. The first-order valence-corrected chi connectivity index (χ1v) is 5.26. The Morgan fingerprint density at radius 2 is 2.12 bits per heavy atom. The largest absolute Gasteiger partial charge is 0.409 e. The van der Waals surface area contributed by atoms with E-state index < -0.39 is 0 Å². The van der Waals surface area contributed by atoms with Crippen LogP contribution in [0, 0.1) is 13.8 Å². The van der Waals surface area contributed by atoms with Crippen LogP contribution in [-0.4, -0.2) is 16.3 Å². The van der Waals surface area contributed by atoms with Crippen molar-refractivity contribution >= 4 is 10.9 Å². The molecule has 0 saturated heterocycles. The van der Waals surface area contributed by atoms with Crippen LogP contribution in [0.2, 0.25) is 0 Å². The average molecular weight is 218 g/mol. The summed E-state index contributed by atoms with van der Waals surface area (Å²) in [4.78, 5) is 21.6. The zero-order valence-corrected chi connectivity index (χ0v) is 9.65. The fourth-order valence-electron chi connectivity index (χ4n) is 1.67. The molecule has 4 nitrogen and oxygen atoms in total. The molecular formula is C12H14N2O2. The van der Waals surface area contributed by atoms with Gasteiger partial charge in [0.2, 0.25) is 0 Å². The van der Waals surface area contributed by atoms with Crippen molar-refractivity contribution in [2.45, 2.75) is 20.8 Å². The maximum Gasteiger partial charge on any atom is 0.294 e. The molecule has 1 aromatic heterocycles. The first kappa shape index (κ1) is 10.7. The third-order valence-corrected chi connectivity index (χ3v) is 2.40. The summed E-state index contributed by atoms with van der Waals surface area (Å²) in [5, 5.41) is 0.588. The molecule has 0 N–H and O–H groups in total. The van der Waals surface area contributed by atoms with Crippen molar-refractivity contribution in [2.75, 3.05) is 6.61 Å². The Morgan fingerprint density at radius 1 is 1.38 bits per heavy atom. The molecule has 4 heteroatoms. The lowest BCUT2D eigenvalue weighted by molar-refractivity contribution is 0.106. The van der Waals surface area contributed by atoms with Gasteiger partial charge in [0.05, 0.1) is 10.9 Å². The van der Waals surface area contributed by atoms with Crippen molar-refractivity contribution in [1.29, 1.82) is 0 Å². The minimum atomic E-state index is -0.149. The molecule has 0 radical (unpaired) electrons. The lowest BCUT2D eigenvalue weighted by Gasteiger charge is -2.10. The van der Waals surface area contributed by atoms with Gasteiger partial charge >= 0.3 is 0 Å². The molecule has 2 aromatic rings. The topological polar surface area (TPSA) is 44.1 Å². The smallest absolute Gasteiger partial charge is 0.294 e. The van der Waals surface area contributed by atoms with Crippen LogP contribution in [0.15, 0.2) is 23.0 Å². The van der Waals surface area contributed by atoms with Gasteiger partial charge in [0.1, 0.15) is 12.4 Å². The van der Waals surface area contributed by atoms with Gasteiger partial charge in [-0.05, 0) is 38.5 Å². The van der Waals surface area contributed by atoms with E-state index in [-0.39, 0.29) is 5.56 Å². The van der Waals surface area contributed by atoms with E-state index in [1.165, 1.54) is 4.73 Å². The van der Waals surface area contributed by atoms with Gasteiger partial charge in [-0.2, -0.15) is 0 Å². The van der Waals surface area contributed by atoms with Crippen molar-refractivity contribution in [1.82, 2.24) is 9.71 Å². The normalized spacial score (nSPS) is 10.7. The Kier molecular flexibility index (Phi) is 2.64. The van der Waals surface area contributed by atoms with Crippen molar-refractivity contribution in [2.24, 2.45) is 0 Å². The third kappa shape index (κ3) is 1.66. The molecule has 0 spiro atoms. The van der Waals surface area contributed by atoms with E-state index in [1.54, 1.807) is 13.0 Å². The molecule has 0 aliphatic heterocycles. The Bertz CT molecular complexity index is 587. The highest BCUT2D eigenvalue weighted by molar-refractivity contribution is 5.78. The standard InChI is InChI=1S/C12H14N2O2/c1-4-16-14-9(3)13-11-7-8(2)5-6-10(11)12(14)15/h5-7H,4H2,1-3H3. The van der Waals surface area contributed by atoms with Crippen LogP contribution in [-0.2, 0) is 0 Å². The Hall–Kier alpha value is -1.84. The summed E-state index contributed by atoms with van der Waals surface area (Å²) in [7, 11) is 0.